The summed E-state index contributed by atoms with van der Waals surface area (Å²) in [6.45, 7) is 1.65. The van der Waals surface area contributed by atoms with Crippen molar-refractivity contribution in [2.45, 2.75) is 13.5 Å². The van der Waals surface area contributed by atoms with Gasteiger partial charge in [0, 0.05) is 11.5 Å². The smallest absolute Gasteiger partial charge is 0.411 e. The number of benzene rings is 3. The van der Waals surface area contributed by atoms with Gasteiger partial charge >= 0.3 is 6.09 Å². The molecule has 0 radical (unpaired) electrons. The average Bonchev–Trinajstić information content (AvgIpc) is 2.60. The van der Waals surface area contributed by atoms with Crippen LogP contribution in [0.25, 0.3) is 10.8 Å². The minimum atomic E-state index is -0.660. The van der Waals surface area contributed by atoms with Gasteiger partial charge in [0.05, 0.1) is 16.2 Å². The third-order valence-electron chi connectivity index (χ3n) is 3.82. The predicted molar refractivity (Wildman–Crippen MR) is 95.6 cm³/mol. The fourth-order valence-corrected chi connectivity index (χ4v) is 2.63. The molecule has 0 bridgehead atoms. The average molecular weight is 336 g/mol. The molecule has 1 amide bonds. The standard InChI is InChI=1S/C19H16N2O4/c1-13-9-10-18(21(23)24)15(11-13)12-25-19(22)20-17-8-4-6-14-5-2-3-7-16(14)17/h2-11H,12H2,1H3,(H,20,22). The van der Waals surface area contributed by atoms with Gasteiger partial charge in [-0.05, 0) is 24.4 Å². The van der Waals surface area contributed by atoms with E-state index in [1.165, 1.54) is 6.07 Å². The van der Waals surface area contributed by atoms with E-state index in [1.54, 1.807) is 18.2 Å². The molecule has 3 rings (SSSR count). The number of aryl methyl sites for hydroxylation is 1. The fourth-order valence-electron chi connectivity index (χ4n) is 2.63. The molecule has 0 aliphatic carbocycles. The van der Waals surface area contributed by atoms with Gasteiger partial charge in [-0.2, -0.15) is 0 Å². The molecule has 0 saturated carbocycles. The summed E-state index contributed by atoms with van der Waals surface area (Å²) in [5, 5.41) is 15.6. The van der Waals surface area contributed by atoms with Gasteiger partial charge in [0.2, 0.25) is 0 Å². The van der Waals surface area contributed by atoms with E-state index in [2.05, 4.69) is 5.32 Å². The summed E-state index contributed by atoms with van der Waals surface area (Å²) in [7, 11) is 0. The minimum Gasteiger partial charge on any atom is -0.444 e. The second-order valence-electron chi connectivity index (χ2n) is 5.62. The first-order chi connectivity index (χ1) is 12.0. The number of anilines is 1. The zero-order valence-corrected chi connectivity index (χ0v) is 13.6. The van der Waals surface area contributed by atoms with Gasteiger partial charge in [-0.15, -0.1) is 0 Å². The van der Waals surface area contributed by atoms with Crippen molar-refractivity contribution in [2.75, 3.05) is 5.32 Å². The van der Waals surface area contributed by atoms with Gasteiger partial charge < -0.3 is 4.74 Å². The number of amides is 1. The molecule has 0 aliphatic heterocycles. The van der Waals surface area contributed by atoms with Gasteiger partial charge in [-0.1, -0.05) is 48.0 Å². The number of nitro benzene ring substituents is 1. The van der Waals surface area contributed by atoms with Crippen molar-refractivity contribution in [1.82, 2.24) is 0 Å². The van der Waals surface area contributed by atoms with Crippen molar-refractivity contribution < 1.29 is 14.5 Å². The number of hydrogen-bond donors (Lipinski definition) is 1. The first-order valence-corrected chi connectivity index (χ1v) is 7.70. The molecule has 0 heterocycles. The highest BCUT2D eigenvalue weighted by Crippen LogP contribution is 2.24. The molecule has 0 atom stereocenters. The van der Waals surface area contributed by atoms with E-state index in [-0.39, 0.29) is 12.3 Å². The van der Waals surface area contributed by atoms with E-state index in [0.29, 0.717) is 11.3 Å². The third kappa shape index (κ3) is 3.74. The summed E-state index contributed by atoms with van der Waals surface area (Å²) in [5.41, 5.74) is 1.78. The van der Waals surface area contributed by atoms with Crippen LogP contribution in [0.4, 0.5) is 16.2 Å². The van der Waals surface area contributed by atoms with Crippen LogP contribution >= 0.6 is 0 Å². The predicted octanol–water partition coefficient (Wildman–Crippen LogP) is 4.81. The SMILES string of the molecule is Cc1ccc([N+](=O)[O-])c(COC(=O)Nc2cccc3ccccc23)c1. The van der Waals surface area contributed by atoms with Crippen molar-refractivity contribution >= 4 is 28.2 Å². The minimum absolute atomic E-state index is 0.0661. The highest BCUT2D eigenvalue weighted by atomic mass is 16.6. The summed E-state index contributed by atoms with van der Waals surface area (Å²) < 4.78 is 5.17. The summed E-state index contributed by atoms with van der Waals surface area (Å²) >= 11 is 0. The number of carbonyl (C=O) groups excluding carboxylic acids is 1. The zero-order valence-electron chi connectivity index (χ0n) is 13.6. The molecular formula is C19H16N2O4. The Morgan fingerprint density at radius 1 is 1.12 bits per heavy atom. The van der Waals surface area contributed by atoms with Crippen LogP contribution in [0.3, 0.4) is 0 Å². The van der Waals surface area contributed by atoms with Crippen LogP contribution < -0.4 is 5.32 Å². The highest BCUT2D eigenvalue weighted by molar-refractivity contribution is 6.00. The van der Waals surface area contributed by atoms with Crippen LogP contribution in [0.15, 0.2) is 60.7 Å². The molecule has 0 aliphatic rings. The Balaban J connectivity index is 1.73. The van der Waals surface area contributed by atoms with Crippen molar-refractivity contribution in [2.24, 2.45) is 0 Å². The number of nitrogens with one attached hydrogen (secondary N) is 1. The number of nitro groups is 1. The Morgan fingerprint density at radius 3 is 2.68 bits per heavy atom. The molecule has 0 fully saturated rings. The lowest BCUT2D eigenvalue weighted by Crippen LogP contribution is -2.14. The number of hydrogen-bond acceptors (Lipinski definition) is 4. The summed E-state index contributed by atoms with van der Waals surface area (Å²) in [6.07, 6.45) is -0.660. The number of fused-ring (bicyclic) bond motifs is 1. The Morgan fingerprint density at radius 2 is 1.88 bits per heavy atom. The van der Waals surface area contributed by atoms with Gasteiger partial charge in [0.15, 0.2) is 0 Å². The van der Waals surface area contributed by atoms with E-state index < -0.39 is 11.0 Å². The van der Waals surface area contributed by atoms with E-state index in [1.807, 2.05) is 43.3 Å². The summed E-state index contributed by atoms with van der Waals surface area (Å²) in [5.74, 6) is 0. The van der Waals surface area contributed by atoms with Crippen molar-refractivity contribution in [1.29, 1.82) is 0 Å². The first-order valence-electron chi connectivity index (χ1n) is 7.70. The summed E-state index contributed by atoms with van der Waals surface area (Å²) in [6, 6.07) is 17.9. The zero-order chi connectivity index (χ0) is 17.8. The maximum absolute atomic E-state index is 12.1. The van der Waals surface area contributed by atoms with Crippen LogP contribution in [0.1, 0.15) is 11.1 Å². The molecule has 0 unspecified atom stereocenters. The fraction of sp³-hybridized carbons (Fsp3) is 0.105. The van der Waals surface area contributed by atoms with Crippen LogP contribution in [-0.2, 0) is 11.3 Å². The van der Waals surface area contributed by atoms with Gasteiger partial charge in [-0.3, -0.25) is 15.4 Å². The second kappa shape index (κ2) is 7.00. The van der Waals surface area contributed by atoms with Gasteiger partial charge in [0.25, 0.3) is 5.69 Å². The van der Waals surface area contributed by atoms with Crippen molar-refractivity contribution in [3.05, 3.63) is 81.9 Å². The second-order valence-corrected chi connectivity index (χ2v) is 5.62. The lowest BCUT2D eigenvalue weighted by molar-refractivity contribution is -0.385. The number of ether oxygens (including phenoxy) is 1. The van der Waals surface area contributed by atoms with Crippen molar-refractivity contribution in [3.8, 4) is 0 Å². The topological polar surface area (TPSA) is 81.5 Å². The maximum Gasteiger partial charge on any atom is 0.411 e. The Hall–Kier alpha value is -3.41. The maximum atomic E-state index is 12.1. The third-order valence-corrected chi connectivity index (χ3v) is 3.82. The molecule has 6 nitrogen and oxygen atoms in total. The molecule has 3 aromatic rings. The lowest BCUT2D eigenvalue weighted by Gasteiger charge is -2.10. The van der Waals surface area contributed by atoms with Crippen LogP contribution in [0.2, 0.25) is 0 Å². The molecular weight excluding hydrogens is 320 g/mol. The Labute approximate surface area is 144 Å². The number of nitrogens with zero attached hydrogens (tertiary/aromatic N) is 1. The molecule has 126 valence electrons. The van der Waals surface area contributed by atoms with Crippen molar-refractivity contribution in [3.63, 3.8) is 0 Å². The summed E-state index contributed by atoms with van der Waals surface area (Å²) in [4.78, 5) is 22.7. The Bertz CT molecular complexity index is 948. The van der Waals surface area contributed by atoms with E-state index in [9.17, 15) is 14.9 Å². The molecule has 3 aromatic carbocycles. The normalized spacial score (nSPS) is 10.4. The van der Waals surface area contributed by atoms with E-state index in [0.717, 1.165) is 16.3 Å². The van der Waals surface area contributed by atoms with E-state index in [4.69, 9.17) is 4.74 Å². The van der Waals surface area contributed by atoms with Crippen LogP contribution in [0.5, 0.6) is 0 Å². The number of carbonyl (C=O) groups is 1. The highest BCUT2D eigenvalue weighted by Gasteiger charge is 2.15. The number of rotatable bonds is 4. The van der Waals surface area contributed by atoms with Crippen LogP contribution in [0, 0.1) is 17.0 Å². The largest absolute Gasteiger partial charge is 0.444 e. The molecule has 25 heavy (non-hydrogen) atoms. The molecule has 1 N–H and O–H groups in total. The van der Waals surface area contributed by atoms with Gasteiger partial charge in [-0.25, -0.2) is 4.79 Å². The molecule has 6 heteroatoms. The molecule has 0 aromatic heterocycles. The monoisotopic (exact) mass is 336 g/mol. The van der Waals surface area contributed by atoms with E-state index >= 15 is 0 Å². The quantitative estimate of drug-likeness (QED) is 0.548. The first kappa shape index (κ1) is 16.4. The Kier molecular flexibility index (Phi) is 4.61. The molecule has 0 saturated heterocycles. The molecule has 0 spiro atoms. The lowest BCUT2D eigenvalue weighted by atomic mass is 10.1. The van der Waals surface area contributed by atoms with Crippen LogP contribution in [-0.4, -0.2) is 11.0 Å². The van der Waals surface area contributed by atoms with Gasteiger partial charge in [0.1, 0.15) is 6.61 Å².